The normalized spacial score (nSPS) is 10.4. The Labute approximate surface area is 123 Å². The van der Waals surface area contributed by atoms with Crippen molar-refractivity contribution >= 4 is 17.4 Å². The first-order chi connectivity index (χ1) is 9.56. The van der Waals surface area contributed by atoms with Gasteiger partial charge < -0.3 is 15.2 Å². The molecule has 0 radical (unpaired) electrons. The number of hydrogen-bond donors (Lipinski definition) is 1. The predicted octanol–water partition coefficient (Wildman–Crippen LogP) is 3.70. The van der Waals surface area contributed by atoms with Gasteiger partial charge in [0.2, 0.25) is 0 Å². The van der Waals surface area contributed by atoms with Gasteiger partial charge in [0, 0.05) is 16.1 Å². The lowest BCUT2D eigenvalue weighted by molar-refractivity contribution is 0.341. The first-order valence-corrected chi connectivity index (χ1v) is 6.68. The number of nitrogens with zero attached hydrogens (tertiary/aromatic N) is 1. The summed E-state index contributed by atoms with van der Waals surface area (Å²) < 4.78 is 10.9. The molecule has 2 N–H and O–H groups in total. The SMILES string of the molecule is CCOc1ccc(Cl)cc1-c1cc(OC)c(C)nc1N. The summed E-state index contributed by atoms with van der Waals surface area (Å²) in [6.07, 6.45) is 0. The van der Waals surface area contributed by atoms with Crippen molar-refractivity contribution in [3.63, 3.8) is 0 Å². The average molecular weight is 293 g/mol. The van der Waals surface area contributed by atoms with Crippen LogP contribution in [-0.2, 0) is 0 Å². The van der Waals surface area contributed by atoms with E-state index in [9.17, 15) is 0 Å². The van der Waals surface area contributed by atoms with E-state index in [2.05, 4.69) is 4.98 Å². The molecule has 2 rings (SSSR count). The first kappa shape index (κ1) is 14.5. The van der Waals surface area contributed by atoms with Crippen LogP contribution in [0.2, 0.25) is 5.02 Å². The van der Waals surface area contributed by atoms with Crippen LogP contribution in [0.1, 0.15) is 12.6 Å². The highest BCUT2D eigenvalue weighted by molar-refractivity contribution is 6.31. The summed E-state index contributed by atoms with van der Waals surface area (Å²) >= 11 is 6.08. The molecular formula is C15H17ClN2O2. The second-order valence-electron chi connectivity index (χ2n) is 4.28. The van der Waals surface area contributed by atoms with E-state index in [1.165, 1.54) is 0 Å². The minimum atomic E-state index is 0.423. The zero-order valence-corrected chi connectivity index (χ0v) is 12.5. The highest BCUT2D eigenvalue weighted by Gasteiger charge is 2.14. The van der Waals surface area contributed by atoms with Gasteiger partial charge in [-0.05, 0) is 38.1 Å². The molecule has 1 heterocycles. The quantitative estimate of drug-likeness (QED) is 0.933. The van der Waals surface area contributed by atoms with Gasteiger partial charge in [0.1, 0.15) is 17.3 Å². The van der Waals surface area contributed by atoms with E-state index in [1.807, 2.05) is 32.0 Å². The zero-order valence-electron chi connectivity index (χ0n) is 11.7. The average Bonchev–Trinajstić information content (AvgIpc) is 2.41. The molecule has 0 atom stereocenters. The van der Waals surface area contributed by atoms with E-state index in [4.69, 9.17) is 26.8 Å². The maximum Gasteiger partial charge on any atom is 0.140 e. The molecule has 0 aliphatic carbocycles. The lowest BCUT2D eigenvalue weighted by Crippen LogP contribution is -2.01. The van der Waals surface area contributed by atoms with Gasteiger partial charge in [0.25, 0.3) is 0 Å². The molecule has 0 bridgehead atoms. The number of benzene rings is 1. The van der Waals surface area contributed by atoms with Gasteiger partial charge in [-0.1, -0.05) is 11.6 Å². The number of halogens is 1. The van der Waals surface area contributed by atoms with Gasteiger partial charge in [-0.3, -0.25) is 0 Å². The van der Waals surface area contributed by atoms with E-state index in [0.717, 1.165) is 22.6 Å². The molecule has 0 saturated heterocycles. The fourth-order valence-electron chi connectivity index (χ4n) is 2.02. The maximum atomic E-state index is 6.08. The molecular weight excluding hydrogens is 276 g/mol. The number of nitrogen functional groups attached to an aromatic ring is 1. The lowest BCUT2D eigenvalue weighted by atomic mass is 10.0. The number of pyridine rings is 1. The molecule has 2 aromatic rings. The smallest absolute Gasteiger partial charge is 0.140 e. The standard InChI is InChI=1S/C15H17ClN2O2/c1-4-20-13-6-5-10(16)7-11(13)12-8-14(19-3)9(2)18-15(12)17/h5-8H,4H2,1-3H3,(H2,17,18). The molecule has 0 aliphatic rings. The molecule has 1 aromatic heterocycles. The summed E-state index contributed by atoms with van der Waals surface area (Å²) in [5.41, 5.74) is 8.33. The van der Waals surface area contributed by atoms with Crippen molar-refractivity contribution in [2.75, 3.05) is 19.5 Å². The Morgan fingerprint density at radius 2 is 1.95 bits per heavy atom. The van der Waals surface area contributed by atoms with Crippen LogP contribution in [0.15, 0.2) is 24.3 Å². The van der Waals surface area contributed by atoms with Crippen molar-refractivity contribution in [1.29, 1.82) is 0 Å². The van der Waals surface area contributed by atoms with Crippen LogP contribution in [0.25, 0.3) is 11.1 Å². The third-order valence-electron chi connectivity index (χ3n) is 2.95. The number of methoxy groups -OCH3 is 1. The van der Waals surface area contributed by atoms with E-state index in [1.54, 1.807) is 13.2 Å². The molecule has 20 heavy (non-hydrogen) atoms. The Morgan fingerprint density at radius 1 is 1.20 bits per heavy atom. The second kappa shape index (κ2) is 6.01. The number of rotatable bonds is 4. The van der Waals surface area contributed by atoms with Crippen molar-refractivity contribution < 1.29 is 9.47 Å². The van der Waals surface area contributed by atoms with Gasteiger partial charge >= 0.3 is 0 Å². The molecule has 0 amide bonds. The molecule has 0 saturated carbocycles. The number of hydrogen-bond acceptors (Lipinski definition) is 4. The Balaban J connectivity index is 2.63. The highest BCUT2D eigenvalue weighted by atomic mass is 35.5. The van der Waals surface area contributed by atoms with Crippen LogP contribution in [0.5, 0.6) is 11.5 Å². The molecule has 0 spiro atoms. The topological polar surface area (TPSA) is 57.4 Å². The Morgan fingerprint density at radius 3 is 2.60 bits per heavy atom. The van der Waals surface area contributed by atoms with Gasteiger partial charge in [-0.2, -0.15) is 0 Å². The van der Waals surface area contributed by atoms with Gasteiger partial charge in [-0.15, -0.1) is 0 Å². The maximum absolute atomic E-state index is 6.08. The van der Waals surface area contributed by atoms with Gasteiger partial charge in [0.15, 0.2) is 0 Å². The number of aromatic nitrogens is 1. The Hall–Kier alpha value is -1.94. The molecule has 4 nitrogen and oxygen atoms in total. The van der Waals surface area contributed by atoms with Crippen LogP contribution < -0.4 is 15.2 Å². The van der Waals surface area contributed by atoms with Crippen LogP contribution in [0.4, 0.5) is 5.82 Å². The van der Waals surface area contributed by atoms with Crippen LogP contribution >= 0.6 is 11.6 Å². The number of aryl methyl sites for hydroxylation is 1. The van der Waals surface area contributed by atoms with Gasteiger partial charge in [-0.25, -0.2) is 4.98 Å². The minimum Gasteiger partial charge on any atom is -0.495 e. The van der Waals surface area contributed by atoms with Crippen LogP contribution in [0.3, 0.4) is 0 Å². The monoisotopic (exact) mass is 292 g/mol. The molecule has 106 valence electrons. The van der Waals surface area contributed by atoms with Crippen molar-refractivity contribution in [2.45, 2.75) is 13.8 Å². The summed E-state index contributed by atoms with van der Waals surface area (Å²) in [5.74, 6) is 1.82. The summed E-state index contributed by atoms with van der Waals surface area (Å²) in [6.45, 7) is 4.33. The molecule has 0 fully saturated rings. The lowest BCUT2D eigenvalue weighted by Gasteiger charge is -2.14. The van der Waals surface area contributed by atoms with Crippen molar-refractivity contribution in [2.24, 2.45) is 0 Å². The predicted molar refractivity (Wildman–Crippen MR) is 81.6 cm³/mol. The van der Waals surface area contributed by atoms with E-state index in [0.29, 0.717) is 23.2 Å². The third kappa shape index (κ3) is 2.80. The van der Waals surface area contributed by atoms with E-state index in [-0.39, 0.29) is 0 Å². The van der Waals surface area contributed by atoms with E-state index < -0.39 is 0 Å². The largest absolute Gasteiger partial charge is 0.495 e. The number of anilines is 1. The van der Waals surface area contributed by atoms with E-state index >= 15 is 0 Å². The molecule has 0 aliphatic heterocycles. The first-order valence-electron chi connectivity index (χ1n) is 6.30. The molecule has 5 heteroatoms. The van der Waals surface area contributed by atoms with Crippen molar-refractivity contribution in [3.8, 4) is 22.6 Å². The summed E-state index contributed by atoms with van der Waals surface area (Å²) in [4.78, 5) is 4.31. The van der Waals surface area contributed by atoms with Crippen LogP contribution in [0, 0.1) is 6.92 Å². The summed E-state index contributed by atoms with van der Waals surface area (Å²) in [7, 11) is 1.60. The zero-order chi connectivity index (χ0) is 14.7. The van der Waals surface area contributed by atoms with Crippen LogP contribution in [-0.4, -0.2) is 18.7 Å². The van der Waals surface area contributed by atoms with Crippen molar-refractivity contribution in [3.05, 3.63) is 35.0 Å². The Bertz CT molecular complexity index is 630. The molecule has 1 aromatic carbocycles. The number of nitrogens with two attached hydrogens (primary N) is 1. The molecule has 0 unspecified atom stereocenters. The summed E-state index contributed by atoms with van der Waals surface area (Å²) in [6, 6.07) is 7.28. The fraction of sp³-hybridized carbons (Fsp3) is 0.267. The highest BCUT2D eigenvalue weighted by Crippen LogP contribution is 2.37. The number of ether oxygens (including phenoxy) is 2. The second-order valence-corrected chi connectivity index (χ2v) is 4.72. The van der Waals surface area contributed by atoms with Gasteiger partial charge in [0.05, 0.1) is 19.4 Å². The minimum absolute atomic E-state index is 0.423. The fourth-order valence-corrected chi connectivity index (χ4v) is 2.19. The third-order valence-corrected chi connectivity index (χ3v) is 3.18. The summed E-state index contributed by atoms with van der Waals surface area (Å²) in [5, 5.41) is 0.613. The van der Waals surface area contributed by atoms with Crippen molar-refractivity contribution in [1.82, 2.24) is 4.98 Å². The Kier molecular flexibility index (Phi) is 4.35.